The molecule has 20 heavy (non-hydrogen) atoms. The Morgan fingerprint density at radius 3 is 1.95 bits per heavy atom. The van der Waals surface area contributed by atoms with Gasteiger partial charge >= 0.3 is 0 Å². The number of hydrogen-bond acceptors (Lipinski definition) is 3. The number of hydroxylamine groups is 2. The Kier molecular flexibility index (Phi) is 6.44. The Balaban J connectivity index is 2.70. The molecule has 0 radical (unpaired) electrons. The first-order chi connectivity index (χ1) is 9.33. The van der Waals surface area contributed by atoms with Gasteiger partial charge in [0.25, 0.3) is 0 Å². The number of piperidine rings is 1. The highest BCUT2D eigenvalue weighted by molar-refractivity contribution is 4.98. The number of rotatable bonds is 6. The molecular weight excluding hydrogens is 250 g/mol. The summed E-state index contributed by atoms with van der Waals surface area (Å²) in [6.45, 7) is 14.3. The Morgan fingerprint density at radius 1 is 0.950 bits per heavy atom. The second-order valence-electron chi connectivity index (χ2n) is 6.72. The van der Waals surface area contributed by atoms with E-state index in [4.69, 9.17) is 9.57 Å². The van der Waals surface area contributed by atoms with Crippen molar-refractivity contribution in [3.8, 4) is 0 Å². The molecule has 1 aliphatic rings. The summed E-state index contributed by atoms with van der Waals surface area (Å²) in [5, 5.41) is 2.16. The van der Waals surface area contributed by atoms with E-state index in [2.05, 4.69) is 38.8 Å². The molecule has 1 aliphatic heterocycles. The minimum atomic E-state index is -0.0239. The highest BCUT2D eigenvalue weighted by Crippen LogP contribution is 2.39. The zero-order valence-corrected chi connectivity index (χ0v) is 14.0. The standard InChI is InChI=1S/C17H31NO2/c1-7-9-11-19-15-13-16(3,4)18(17(5,6)14-15)20-12-10-8-2/h7-10,15H,11-14H2,1-6H3. The fraction of sp³-hybridized carbons (Fsp3) is 0.765. The van der Waals surface area contributed by atoms with Crippen molar-refractivity contribution >= 4 is 0 Å². The van der Waals surface area contributed by atoms with Crippen LogP contribution >= 0.6 is 0 Å². The van der Waals surface area contributed by atoms with E-state index in [9.17, 15) is 0 Å². The van der Waals surface area contributed by atoms with Gasteiger partial charge in [-0.25, -0.2) is 0 Å². The van der Waals surface area contributed by atoms with Gasteiger partial charge in [0, 0.05) is 11.1 Å². The summed E-state index contributed by atoms with van der Waals surface area (Å²) in [4.78, 5) is 6.00. The maximum atomic E-state index is 6.00. The monoisotopic (exact) mass is 281 g/mol. The topological polar surface area (TPSA) is 21.7 Å². The molecule has 0 aliphatic carbocycles. The van der Waals surface area contributed by atoms with E-state index in [-0.39, 0.29) is 17.2 Å². The van der Waals surface area contributed by atoms with Crippen molar-refractivity contribution in [2.24, 2.45) is 0 Å². The van der Waals surface area contributed by atoms with Gasteiger partial charge < -0.3 is 4.74 Å². The maximum Gasteiger partial charge on any atom is 0.0867 e. The van der Waals surface area contributed by atoms with Crippen LogP contribution in [0.15, 0.2) is 24.3 Å². The molecule has 116 valence electrons. The molecule has 1 saturated heterocycles. The van der Waals surface area contributed by atoms with Crippen LogP contribution in [0.2, 0.25) is 0 Å². The first-order valence-corrected chi connectivity index (χ1v) is 7.60. The van der Waals surface area contributed by atoms with Crippen molar-refractivity contribution in [3.63, 3.8) is 0 Å². The highest BCUT2D eigenvalue weighted by Gasteiger charge is 2.46. The molecule has 0 bridgehead atoms. The van der Waals surface area contributed by atoms with Crippen LogP contribution in [0.1, 0.15) is 54.4 Å². The van der Waals surface area contributed by atoms with Gasteiger partial charge in [-0.05, 0) is 54.4 Å². The summed E-state index contributed by atoms with van der Waals surface area (Å²) in [5.74, 6) is 0. The van der Waals surface area contributed by atoms with E-state index in [1.807, 2.05) is 32.1 Å². The van der Waals surface area contributed by atoms with E-state index in [1.165, 1.54) is 0 Å². The summed E-state index contributed by atoms with van der Waals surface area (Å²) in [5.41, 5.74) is -0.0478. The lowest BCUT2D eigenvalue weighted by Gasteiger charge is -2.53. The summed E-state index contributed by atoms with van der Waals surface area (Å²) in [7, 11) is 0. The van der Waals surface area contributed by atoms with Gasteiger partial charge in [-0.3, -0.25) is 4.84 Å². The second-order valence-corrected chi connectivity index (χ2v) is 6.72. The van der Waals surface area contributed by atoms with Gasteiger partial charge in [-0.15, -0.1) is 0 Å². The summed E-state index contributed by atoms with van der Waals surface area (Å²) >= 11 is 0. The van der Waals surface area contributed by atoms with Crippen LogP contribution in [0.3, 0.4) is 0 Å². The largest absolute Gasteiger partial charge is 0.374 e. The predicted octanol–water partition coefficient (Wildman–Crippen LogP) is 4.11. The molecule has 3 heteroatoms. The normalized spacial score (nSPS) is 23.9. The molecular formula is C17H31NO2. The van der Waals surface area contributed by atoms with Gasteiger partial charge in [0.15, 0.2) is 0 Å². The van der Waals surface area contributed by atoms with Gasteiger partial charge in [0.1, 0.15) is 0 Å². The summed E-state index contributed by atoms with van der Waals surface area (Å²) in [6.07, 6.45) is 10.4. The van der Waals surface area contributed by atoms with Crippen LogP contribution in [-0.2, 0) is 9.57 Å². The fourth-order valence-electron chi connectivity index (χ4n) is 3.14. The smallest absolute Gasteiger partial charge is 0.0867 e. The molecule has 0 aromatic rings. The van der Waals surface area contributed by atoms with E-state index < -0.39 is 0 Å². The van der Waals surface area contributed by atoms with E-state index in [0.29, 0.717) is 13.2 Å². The third-order valence-electron chi connectivity index (χ3n) is 3.75. The van der Waals surface area contributed by atoms with Crippen molar-refractivity contribution in [2.75, 3.05) is 13.2 Å². The molecule has 1 rings (SSSR count). The van der Waals surface area contributed by atoms with Crippen LogP contribution < -0.4 is 0 Å². The van der Waals surface area contributed by atoms with Gasteiger partial charge in [0.05, 0.1) is 19.3 Å². The SMILES string of the molecule is CC=CCOC1CC(C)(C)N(OCC=CC)C(C)(C)C1. The quantitative estimate of drug-likeness (QED) is 0.684. The number of hydrogen-bond donors (Lipinski definition) is 0. The van der Waals surface area contributed by atoms with Crippen LogP contribution in [-0.4, -0.2) is 35.5 Å². The third kappa shape index (κ3) is 4.72. The van der Waals surface area contributed by atoms with Gasteiger partial charge in [-0.2, -0.15) is 5.06 Å². The van der Waals surface area contributed by atoms with Crippen molar-refractivity contribution in [1.82, 2.24) is 5.06 Å². The first-order valence-electron chi connectivity index (χ1n) is 7.60. The molecule has 0 amide bonds. The summed E-state index contributed by atoms with van der Waals surface area (Å²) in [6, 6.07) is 0. The molecule has 0 saturated carbocycles. The molecule has 1 heterocycles. The van der Waals surface area contributed by atoms with E-state index >= 15 is 0 Å². The zero-order chi connectivity index (χ0) is 15.2. The van der Waals surface area contributed by atoms with Crippen molar-refractivity contribution in [3.05, 3.63) is 24.3 Å². The minimum Gasteiger partial charge on any atom is -0.374 e. The highest BCUT2D eigenvalue weighted by atomic mass is 16.7. The minimum absolute atomic E-state index is 0.0239. The Hall–Kier alpha value is -0.640. The predicted molar refractivity (Wildman–Crippen MR) is 84.6 cm³/mol. The Bertz CT molecular complexity index is 327. The lowest BCUT2D eigenvalue weighted by molar-refractivity contribution is -0.288. The van der Waals surface area contributed by atoms with Crippen molar-refractivity contribution in [1.29, 1.82) is 0 Å². The van der Waals surface area contributed by atoms with E-state index in [1.54, 1.807) is 0 Å². The van der Waals surface area contributed by atoms with E-state index in [0.717, 1.165) is 12.8 Å². The molecule has 0 N–H and O–H groups in total. The Morgan fingerprint density at radius 2 is 1.45 bits per heavy atom. The fourth-order valence-corrected chi connectivity index (χ4v) is 3.14. The average Bonchev–Trinajstić information content (AvgIpc) is 2.32. The average molecular weight is 281 g/mol. The summed E-state index contributed by atoms with van der Waals surface area (Å²) < 4.78 is 5.99. The van der Waals surface area contributed by atoms with Gasteiger partial charge in [-0.1, -0.05) is 24.3 Å². The van der Waals surface area contributed by atoms with Crippen LogP contribution in [0.4, 0.5) is 0 Å². The second kappa shape index (κ2) is 7.39. The molecule has 3 nitrogen and oxygen atoms in total. The van der Waals surface area contributed by atoms with Crippen LogP contribution in [0, 0.1) is 0 Å². The molecule has 1 fully saturated rings. The maximum absolute atomic E-state index is 6.00. The number of allylic oxidation sites excluding steroid dienone is 2. The van der Waals surface area contributed by atoms with Crippen LogP contribution in [0.25, 0.3) is 0 Å². The molecule has 0 atom stereocenters. The van der Waals surface area contributed by atoms with Crippen LogP contribution in [0.5, 0.6) is 0 Å². The van der Waals surface area contributed by atoms with Gasteiger partial charge in [0.2, 0.25) is 0 Å². The molecule has 0 aromatic carbocycles. The lowest BCUT2D eigenvalue weighted by atomic mass is 9.80. The lowest BCUT2D eigenvalue weighted by Crippen LogP contribution is -2.61. The third-order valence-corrected chi connectivity index (χ3v) is 3.75. The first kappa shape index (κ1) is 17.4. The Labute approximate surface area is 124 Å². The number of nitrogens with zero attached hydrogens (tertiary/aromatic N) is 1. The van der Waals surface area contributed by atoms with Crippen molar-refractivity contribution < 1.29 is 9.57 Å². The molecule has 0 spiro atoms. The van der Waals surface area contributed by atoms with Crippen molar-refractivity contribution in [2.45, 2.75) is 71.6 Å². The zero-order valence-electron chi connectivity index (χ0n) is 14.0. The molecule has 0 unspecified atom stereocenters. The molecule has 0 aromatic heterocycles. The number of ether oxygens (including phenoxy) is 1.